The second-order valence-corrected chi connectivity index (χ2v) is 5.36. The van der Waals surface area contributed by atoms with Crippen molar-refractivity contribution in [2.75, 3.05) is 26.2 Å². The molecule has 92 valence electrons. The van der Waals surface area contributed by atoms with Crippen LogP contribution in [0.15, 0.2) is 0 Å². The monoisotopic (exact) mass is 225 g/mol. The molecule has 0 saturated carbocycles. The Kier molecular flexibility index (Phi) is 3.82. The Morgan fingerprint density at radius 2 is 2.38 bits per heavy atom. The Bertz CT molecular complexity index is 257. The normalized spacial score (nSPS) is 33.0. The Morgan fingerprint density at radius 1 is 1.56 bits per heavy atom. The van der Waals surface area contributed by atoms with Crippen LogP contribution in [0.5, 0.6) is 0 Å². The van der Waals surface area contributed by atoms with E-state index in [1.807, 2.05) is 0 Å². The predicted octanol–water partition coefficient (Wildman–Crippen LogP) is 0.182. The molecular formula is C12H23N3O. The van der Waals surface area contributed by atoms with E-state index in [0.717, 1.165) is 39.0 Å². The zero-order chi connectivity index (χ0) is 11.5. The fourth-order valence-electron chi connectivity index (χ4n) is 2.87. The van der Waals surface area contributed by atoms with Gasteiger partial charge in [0.05, 0.1) is 0 Å². The summed E-state index contributed by atoms with van der Waals surface area (Å²) in [5.41, 5.74) is 5.66. The molecular weight excluding hydrogens is 202 g/mol. The van der Waals surface area contributed by atoms with Crippen molar-refractivity contribution >= 4 is 5.91 Å². The van der Waals surface area contributed by atoms with E-state index in [9.17, 15) is 4.79 Å². The fraction of sp³-hybridized carbons (Fsp3) is 0.917. The minimum atomic E-state index is 0.241. The van der Waals surface area contributed by atoms with Crippen LogP contribution in [0.1, 0.15) is 26.2 Å². The lowest BCUT2D eigenvalue weighted by Gasteiger charge is -2.42. The maximum Gasteiger partial charge on any atom is 0.220 e. The largest absolute Gasteiger partial charge is 0.353 e. The van der Waals surface area contributed by atoms with Gasteiger partial charge in [-0.2, -0.15) is 0 Å². The van der Waals surface area contributed by atoms with Crippen molar-refractivity contribution in [3.63, 3.8) is 0 Å². The van der Waals surface area contributed by atoms with Gasteiger partial charge in [0.2, 0.25) is 5.91 Å². The molecule has 2 rings (SSSR count). The summed E-state index contributed by atoms with van der Waals surface area (Å²) in [5.74, 6) is 1.48. The second-order valence-electron chi connectivity index (χ2n) is 5.36. The van der Waals surface area contributed by atoms with Gasteiger partial charge in [-0.15, -0.1) is 0 Å². The highest BCUT2D eigenvalue weighted by Crippen LogP contribution is 2.25. The molecule has 1 amide bonds. The quantitative estimate of drug-likeness (QED) is 0.720. The van der Waals surface area contributed by atoms with Gasteiger partial charge < -0.3 is 16.0 Å². The summed E-state index contributed by atoms with van der Waals surface area (Å²) >= 11 is 0. The lowest BCUT2D eigenvalue weighted by Crippen LogP contribution is -2.54. The molecule has 3 N–H and O–H groups in total. The molecule has 0 radical (unpaired) electrons. The van der Waals surface area contributed by atoms with E-state index in [1.54, 1.807) is 0 Å². The van der Waals surface area contributed by atoms with E-state index in [1.165, 1.54) is 0 Å². The molecule has 0 bridgehead atoms. The molecule has 4 heteroatoms. The summed E-state index contributed by atoms with van der Waals surface area (Å²) in [6, 6.07) is 0.436. The van der Waals surface area contributed by atoms with Crippen molar-refractivity contribution in [2.45, 2.75) is 32.2 Å². The molecule has 2 saturated heterocycles. The molecule has 0 aromatic rings. The maximum absolute atomic E-state index is 11.3. The van der Waals surface area contributed by atoms with E-state index in [2.05, 4.69) is 17.1 Å². The molecule has 3 unspecified atom stereocenters. The Hall–Kier alpha value is -0.610. The molecule has 16 heavy (non-hydrogen) atoms. The Balaban J connectivity index is 1.83. The van der Waals surface area contributed by atoms with Crippen molar-refractivity contribution in [2.24, 2.45) is 17.6 Å². The highest BCUT2D eigenvalue weighted by molar-refractivity contribution is 5.77. The summed E-state index contributed by atoms with van der Waals surface area (Å²) in [4.78, 5) is 13.8. The van der Waals surface area contributed by atoms with Gasteiger partial charge in [-0.1, -0.05) is 6.92 Å². The first-order valence-corrected chi connectivity index (χ1v) is 6.41. The highest BCUT2D eigenvalue weighted by Gasteiger charge is 2.33. The topological polar surface area (TPSA) is 58.4 Å². The van der Waals surface area contributed by atoms with Gasteiger partial charge in [0.1, 0.15) is 0 Å². The molecule has 2 fully saturated rings. The lowest BCUT2D eigenvalue weighted by molar-refractivity contribution is -0.125. The van der Waals surface area contributed by atoms with Crippen LogP contribution in [0, 0.1) is 11.8 Å². The van der Waals surface area contributed by atoms with E-state index >= 15 is 0 Å². The molecule has 0 spiro atoms. The predicted molar refractivity (Wildman–Crippen MR) is 63.9 cm³/mol. The molecule has 0 aromatic heterocycles. The summed E-state index contributed by atoms with van der Waals surface area (Å²) in [6.07, 6.45) is 2.87. The average molecular weight is 225 g/mol. The molecule has 0 aromatic carbocycles. The van der Waals surface area contributed by atoms with Gasteiger partial charge in [-0.05, 0) is 31.2 Å². The van der Waals surface area contributed by atoms with E-state index < -0.39 is 0 Å². The van der Waals surface area contributed by atoms with Crippen LogP contribution in [-0.4, -0.2) is 43.0 Å². The zero-order valence-corrected chi connectivity index (χ0v) is 10.1. The number of carbonyl (C=O) groups is 1. The number of fused-ring (bicyclic) bond motifs is 1. The van der Waals surface area contributed by atoms with E-state index in [-0.39, 0.29) is 5.91 Å². The molecule has 2 aliphatic heterocycles. The number of hydrogen-bond donors (Lipinski definition) is 2. The van der Waals surface area contributed by atoms with Crippen molar-refractivity contribution in [3.8, 4) is 0 Å². The number of nitrogens with zero attached hydrogens (tertiary/aromatic N) is 1. The first-order valence-electron chi connectivity index (χ1n) is 6.41. The fourth-order valence-corrected chi connectivity index (χ4v) is 2.87. The number of hydrogen-bond acceptors (Lipinski definition) is 3. The summed E-state index contributed by atoms with van der Waals surface area (Å²) in [6.45, 7) is 6.31. The molecule has 2 heterocycles. The highest BCUT2D eigenvalue weighted by atomic mass is 16.1. The third kappa shape index (κ3) is 2.74. The third-order valence-electron chi connectivity index (χ3n) is 3.88. The van der Waals surface area contributed by atoms with E-state index in [4.69, 9.17) is 5.73 Å². The van der Waals surface area contributed by atoms with Gasteiger partial charge in [0.15, 0.2) is 0 Å². The maximum atomic E-state index is 11.3. The second kappa shape index (κ2) is 5.15. The Morgan fingerprint density at radius 3 is 3.12 bits per heavy atom. The average Bonchev–Trinajstić information content (AvgIpc) is 2.29. The van der Waals surface area contributed by atoms with Crippen molar-refractivity contribution in [1.82, 2.24) is 10.2 Å². The molecule has 0 aliphatic carbocycles. The first-order chi connectivity index (χ1) is 7.69. The van der Waals surface area contributed by atoms with Gasteiger partial charge in [-0.25, -0.2) is 0 Å². The van der Waals surface area contributed by atoms with Gasteiger partial charge in [0.25, 0.3) is 0 Å². The molecule has 3 atom stereocenters. The van der Waals surface area contributed by atoms with Gasteiger partial charge in [-0.3, -0.25) is 4.79 Å². The van der Waals surface area contributed by atoms with Crippen LogP contribution in [0.3, 0.4) is 0 Å². The van der Waals surface area contributed by atoms with Crippen LogP contribution >= 0.6 is 0 Å². The third-order valence-corrected chi connectivity index (χ3v) is 3.88. The van der Waals surface area contributed by atoms with Crippen molar-refractivity contribution < 1.29 is 4.79 Å². The number of likely N-dealkylation sites (tertiary alicyclic amines) is 1. The Labute approximate surface area is 97.6 Å². The van der Waals surface area contributed by atoms with Crippen LogP contribution in [-0.2, 0) is 4.79 Å². The SMILES string of the molecule is CC(CN)CN1CCC2NC(=O)CCC2C1. The summed E-state index contributed by atoms with van der Waals surface area (Å²) in [7, 11) is 0. The summed E-state index contributed by atoms with van der Waals surface area (Å²) in [5, 5.41) is 3.12. The van der Waals surface area contributed by atoms with Crippen LogP contribution in [0.25, 0.3) is 0 Å². The zero-order valence-electron chi connectivity index (χ0n) is 10.1. The number of rotatable bonds is 3. The van der Waals surface area contributed by atoms with Gasteiger partial charge in [0, 0.05) is 32.1 Å². The van der Waals surface area contributed by atoms with Gasteiger partial charge >= 0.3 is 0 Å². The van der Waals surface area contributed by atoms with Crippen LogP contribution in [0.4, 0.5) is 0 Å². The number of amides is 1. The minimum absolute atomic E-state index is 0.241. The van der Waals surface area contributed by atoms with Crippen molar-refractivity contribution in [1.29, 1.82) is 0 Å². The van der Waals surface area contributed by atoms with Crippen LogP contribution < -0.4 is 11.1 Å². The molecule has 2 aliphatic rings. The summed E-state index contributed by atoms with van der Waals surface area (Å²) < 4.78 is 0. The van der Waals surface area contributed by atoms with Crippen molar-refractivity contribution in [3.05, 3.63) is 0 Å². The van der Waals surface area contributed by atoms with Crippen LogP contribution in [0.2, 0.25) is 0 Å². The standard InChI is InChI=1S/C12H23N3O/c1-9(6-13)7-15-5-4-11-10(8-15)2-3-12(16)14-11/h9-11H,2-8,13H2,1H3,(H,14,16). The first kappa shape index (κ1) is 11.9. The lowest BCUT2D eigenvalue weighted by atomic mass is 9.85. The molecule has 4 nitrogen and oxygen atoms in total. The number of nitrogens with two attached hydrogens (primary N) is 1. The number of piperidine rings is 2. The number of nitrogens with one attached hydrogen (secondary N) is 1. The number of carbonyl (C=O) groups excluding carboxylic acids is 1. The van der Waals surface area contributed by atoms with E-state index in [0.29, 0.717) is 24.3 Å². The minimum Gasteiger partial charge on any atom is -0.353 e. The smallest absolute Gasteiger partial charge is 0.220 e.